The van der Waals surface area contributed by atoms with E-state index in [2.05, 4.69) is 0 Å². The van der Waals surface area contributed by atoms with Crippen LogP contribution in [0.3, 0.4) is 0 Å². The van der Waals surface area contributed by atoms with Gasteiger partial charge in [0, 0.05) is 10.6 Å². The van der Waals surface area contributed by atoms with Crippen molar-refractivity contribution < 1.29 is 14.2 Å². The first kappa shape index (κ1) is 22.5. The van der Waals surface area contributed by atoms with Crippen LogP contribution < -0.4 is 19.8 Å². The Kier molecular flexibility index (Phi) is 6.16. The first-order valence-corrected chi connectivity index (χ1v) is 13.8. The lowest BCUT2D eigenvalue weighted by atomic mass is 9.97. The highest BCUT2D eigenvalue weighted by Crippen LogP contribution is 2.36. The molecule has 4 aromatic rings. The van der Waals surface area contributed by atoms with Crippen LogP contribution in [0.4, 0.5) is 0 Å². The second kappa shape index (κ2) is 9.59. The van der Waals surface area contributed by atoms with Crippen LogP contribution in [0.25, 0.3) is 15.9 Å². The minimum absolute atomic E-state index is 0.00668. The Morgan fingerprint density at radius 3 is 2.74 bits per heavy atom. The van der Waals surface area contributed by atoms with Crippen molar-refractivity contribution in [3.05, 3.63) is 69.3 Å². The van der Waals surface area contributed by atoms with Crippen molar-refractivity contribution in [3.8, 4) is 22.9 Å². The fourth-order valence-electron chi connectivity index (χ4n) is 4.68. The third-order valence-electron chi connectivity index (χ3n) is 6.33. The Labute approximate surface area is 211 Å². The molecule has 0 unspecified atom stereocenters. The Morgan fingerprint density at radius 1 is 1.11 bits per heavy atom. The summed E-state index contributed by atoms with van der Waals surface area (Å²) in [5, 5.41) is 1.46. The normalized spacial score (nSPS) is 16.8. The molecule has 1 aliphatic heterocycles. The molecule has 6 nitrogen and oxygen atoms in total. The molecule has 0 saturated heterocycles. The molecule has 6 rings (SSSR count). The van der Waals surface area contributed by atoms with Gasteiger partial charge in [-0.3, -0.25) is 9.36 Å². The molecule has 0 bridgehead atoms. The molecule has 180 valence electrons. The van der Waals surface area contributed by atoms with E-state index >= 15 is 0 Å². The molecule has 8 heteroatoms. The first-order valence-electron chi connectivity index (χ1n) is 12.0. The molecular formula is C27H26N2O4S2. The second-order valence-electron chi connectivity index (χ2n) is 8.66. The number of rotatable bonds is 6. The van der Waals surface area contributed by atoms with E-state index in [1.165, 1.54) is 28.6 Å². The Bertz CT molecular complexity index is 1430. The zero-order valence-electron chi connectivity index (χ0n) is 19.5. The largest absolute Gasteiger partial charge is 0.494 e. The maximum Gasteiger partial charge on any atom is 0.267 e. The molecule has 2 aromatic carbocycles. The third-order valence-corrected chi connectivity index (χ3v) is 8.59. The molecule has 0 amide bonds. The number of hydrogen-bond donors (Lipinski definition) is 0. The summed E-state index contributed by atoms with van der Waals surface area (Å²) >= 11 is 3.21. The van der Waals surface area contributed by atoms with E-state index in [4.69, 9.17) is 19.2 Å². The van der Waals surface area contributed by atoms with E-state index < -0.39 is 0 Å². The van der Waals surface area contributed by atoms with Crippen molar-refractivity contribution in [1.29, 1.82) is 0 Å². The summed E-state index contributed by atoms with van der Waals surface area (Å²) in [5.41, 5.74) is 2.00. The predicted octanol–water partition coefficient (Wildman–Crippen LogP) is 5.66. The van der Waals surface area contributed by atoms with Gasteiger partial charge in [-0.05, 0) is 74.6 Å². The van der Waals surface area contributed by atoms with E-state index in [1.54, 1.807) is 15.9 Å². The van der Waals surface area contributed by atoms with Crippen molar-refractivity contribution in [1.82, 2.24) is 9.55 Å². The number of nitrogens with zero attached hydrogens (tertiary/aromatic N) is 2. The van der Waals surface area contributed by atoms with Crippen molar-refractivity contribution >= 4 is 33.3 Å². The SMILES string of the molecule is CCOc1ccc(-n2c(SC[C@H]3COc4ccccc4O3)nc3sc4c(c3c2=O)CCCC4)cc1. The zero-order valence-corrected chi connectivity index (χ0v) is 21.1. The number of para-hydroxylation sites is 2. The van der Waals surface area contributed by atoms with Gasteiger partial charge < -0.3 is 14.2 Å². The smallest absolute Gasteiger partial charge is 0.267 e. The maximum atomic E-state index is 13.9. The first-order chi connectivity index (χ1) is 17.2. The summed E-state index contributed by atoms with van der Waals surface area (Å²) in [7, 11) is 0. The quantitative estimate of drug-likeness (QED) is 0.249. The lowest BCUT2D eigenvalue weighted by molar-refractivity contribution is 0.107. The highest BCUT2D eigenvalue weighted by Gasteiger charge is 2.25. The van der Waals surface area contributed by atoms with Gasteiger partial charge in [-0.15, -0.1) is 11.3 Å². The molecule has 0 radical (unpaired) electrons. The fourth-order valence-corrected chi connectivity index (χ4v) is 6.96. The Hall–Kier alpha value is -2.97. The van der Waals surface area contributed by atoms with Crippen molar-refractivity contribution in [2.75, 3.05) is 19.0 Å². The standard InChI is InChI=1S/C27H26N2O4S2/c1-2-31-18-13-11-17(12-14-18)29-26(30)24-20-7-3-6-10-23(20)35-25(24)28-27(29)34-16-19-15-32-21-8-4-5-9-22(21)33-19/h4-5,8-9,11-14,19H,2-3,6-7,10,15-16H2,1H3/t19-/m1/s1. The van der Waals surface area contributed by atoms with E-state index in [0.29, 0.717) is 24.1 Å². The van der Waals surface area contributed by atoms with Crippen LogP contribution >= 0.6 is 23.1 Å². The summed E-state index contributed by atoms with van der Waals surface area (Å²) in [4.78, 5) is 21.1. The number of fused-ring (bicyclic) bond motifs is 4. The van der Waals surface area contributed by atoms with E-state index in [0.717, 1.165) is 52.4 Å². The van der Waals surface area contributed by atoms with E-state index in [1.807, 2.05) is 55.5 Å². The van der Waals surface area contributed by atoms with Crippen LogP contribution in [-0.2, 0) is 12.8 Å². The van der Waals surface area contributed by atoms with Crippen LogP contribution in [0.1, 0.15) is 30.2 Å². The van der Waals surface area contributed by atoms with Crippen LogP contribution in [0.2, 0.25) is 0 Å². The summed E-state index contributed by atoms with van der Waals surface area (Å²) in [5.74, 6) is 2.92. The number of aryl methyl sites for hydroxylation is 2. The molecule has 0 N–H and O–H groups in total. The van der Waals surface area contributed by atoms with Gasteiger partial charge in [-0.1, -0.05) is 23.9 Å². The molecule has 0 fully saturated rings. The van der Waals surface area contributed by atoms with Crippen LogP contribution in [0, 0.1) is 0 Å². The average Bonchev–Trinajstić information content (AvgIpc) is 3.27. The minimum Gasteiger partial charge on any atom is -0.494 e. The topological polar surface area (TPSA) is 62.6 Å². The summed E-state index contributed by atoms with van der Waals surface area (Å²) < 4.78 is 19.4. The van der Waals surface area contributed by atoms with Crippen LogP contribution in [-0.4, -0.2) is 34.6 Å². The van der Waals surface area contributed by atoms with Gasteiger partial charge >= 0.3 is 0 Å². The van der Waals surface area contributed by atoms with Crippen LogP contribution in [0.5, 0.6) is 17.2 Å². The molecule has 1 atom stereocenters. The van der Waals surface area contributed by atoms with Gasteiger partial charge in [-0.2, -0.15) is 0 Å². The number of aromatic nitrogens is 2. The number of benzene rings is 2. The molecule has 0 spiro atoms. The van der Waals surface area contributed by atoms with Gasteiger partial charge in [0.15, 0.2) is 16.7 Å². The summed E-state index contributed by atoms with van der Waals surface area (Å²) in [6, 6.07) is 15.4. The molecule has 2 aliphatic rings. The molecule has 1 aliphatic carbocycles. The molecule has 35 heavy (non-hydrogen) atoms. The van der Waals surface area contributed by atoms with Crippen LogP contribution in [0.15, 0.2) is 58.5 Å². The number of thiophene rings is 1. The number of hydrogen-bond acceptors (Lipinski definition) is 7. The van der Waals surface area contributed by atoms with E-state index in [-0.39, 0.29) is 11.7 Å². The van der Waals surface area contributed by atoms with Crippen molar-refractivity contribution in [2.24, 2.45) is 0 Å². The zero-order chi connectivity index (χ0) is 23.8. The lowest BCUT2D eigenvalue weighted by Crippen LogP contribution is -2.31. The van der Waals surface area contributed by atoms with Gasteiger partial charge in [-0.25, -0.2) is 4.98 Å². The van der Waals surface area contributed by atoms with Gasteiger partial charge in [0.1, 0.15) is 23.3 Å². The number of thioether (sulfide) groups is 1. The minimum atomic E-state index is -0.132. The third kappa shape index (κ3) is 4.29. The lowest BCUT2D eigenvalue weighted by Gasteiger charge is -2.26. The summed E-state index contributed by atoms with van der Waals surface area (Å²) in [6.07, 6.45) is 4.16. The highest BCUT2D eigenvalue weighted by molar-refractivity contribution is 7.99. The van der Waals surface area contributed by atoms with Gasteiger partial charge in [0.2, 0.25) is 0 Å². The van der Waals surface area contributed by atoms with E-state index in [9.17, 15) is 4.79 Å². The molecule has 3 heterocycles. The van der Waals surface area contributed by atoms with Crippen molar-refractivity contribution in [2.45, 2.75) is 43.9 Å². The molecule has 2 aromatic heterocycles. The van der Waals surface area contributed by atoms with Crippen molar-refractivity contribution in [3.63, 3.8) is 0 Å². The second-order valence-corrected chi connectivity index (χ2v) is 10.7. The molecular weight excluding hydrogens is 480 g/mol. The number of ether oxygens (including phenoxy) is 3. The Balaban J connectivity index is 1.38. The van der Waals surface area contributed by atoms with Gasteiger partial charge in [0.25, 0.3) is 5.56 Å². The highest BCUT2D eigenvalue weighted by atomic mass is 32.2. The summed E-state index contributed by atoms with van der Waals surface area (Å²) in [6.45, 7) is 3.02. The monoisotopic (exact) mass is 506 g/mol. The fraction of sp³-hybridized carbons (Fsp3) is 0.333. The Morgan fingerprint density at radius 2 is 1.91 bits per heavy atom. The van der Waals surface area contributed by atoms with Gasteiger partial charge in [0.05, 0.1) is 17.7 Å². The predicted molar refractivity (Wildman–Crippen MR) is 140 cm³/mol. The average molecular weight is 507 g/mol. The maximum absolute atomic E-state index is 13.9. The molecule has 0 saturated carbocycles.